The molecule has 34 heavy (non-hydrogen) atoms. The monoisotopic (exact) mass is 497 g/mol. The van der Waals surface area contributed by atoms with Gasteiger partial charge in [0.2, 0.25) is 0 Å². The maximum atomic E-state index is 13.0. The number of rotatable bonds is 8. The summed E-state index contributed by atoms with van der Waals surface area (Å²) < 4.78 is 10.6. The molecule has 0 aliphatic carbocycles. The molecule has 2 N–H and O–H groups in total. The average Bonchev–Trinajstić information content (AvgIpc) is 2.85. The van der Waals surface area contributed by atoms with Crippen molar-refractivity contribution in [2.75, 3.05) is 14.2 Å². The lowest BCUT2D eigenvalue weighted by Gasteiger charge is -2.12. The summed E-state index contributed by atoms with van der Waals surface area (Å²) in [6.07, 6.45) is 2.85. The third-order valence-electron chi connectivity index (χ3n) is 4.60. The van der Waals surface area contributed by atoms with Gasteiger partial charge in [-0.1, -0.05) is 47.5 Å². The second kappa shape index (κ2) is 11.9. The Labute approximate surface area is 207 Å². The number of nitrogens with one attached hydrogen (secondary N) is 2. The minimum absolute atomic E-state index is 0.0558. The van der Waals surface area contributed by atoms with Gasteiger partial charge in [0.1, 0.15) is 17.2 Å². The van der Waals surface area contributed by atoms with Crippen molar-refractivity contribution in [2.45, 2.75) is 0 Å². The number of benzene rings is 3. The Bertz CT molecular complexity index is 1240. The van der Waals surface area contributed by atoms with Crippen LogP contribution in [-0.2, 0) is 4.79 Å². The van der Waals surface area contributed by atoms with Crippen LogP contribution >= 0.6 is 23.2 Å². The molecule has 0 saturated carbocycles. The van der Waals surface area contributed by atoms with Gasteiger partial charge in [-0.05, 0) is 48.5 Å². The van der Waals surface area contributed by atoms with E-state index in [1.165, 1.54) is 26.5 Å². The first-order valence-corrected chi connectivity index (χ1v) is 10.8. The summed E-state index contributed by atoms with van der Waals surface area (Å²) in [4.78, 5) is 25.7. The van der Waals surface area contributed by atoms with E-state index in [2.05, 4.69) is 15.8 Å². The van der Waals surface area contributed by atoms with Gasteiger partial charge in [-0.15, -0.1) is 0 Å². The fraction of sp³-hybridized carbons (Fsp3) is 0.0800. The number of amides is 2. The molecule has 3 aromatic carbocycles. The molecule has 9 heteroatoms. The zero-order chi connectivity index (χ0) is 24.5. The predicted octanol–water partition coefficient (Wildman–Crippen LogP) is 4.93. The topological polar surface area (TPSA) is 89.0 Å². The van der Waals surface area contributed by atoms with Gasteiger partial charge >= 0.3 is 0 Å². The number of hydrazone groups is 1. The molecule has 174 valence electrons. The second-order valence-corrected chi connectivity index (χ2v) is 7.69. The Morgan fingerprint density at radius 3 is 2.35 bits per heavy atom. The van der Waals surface area contributed by atoms with Crippen LogP contribution in [0.3, 0.4) is 0 Å². The number of methoxy groups -OCH3 is 2. The minimum Gasteiger partial charge on any atom is -0.497 e. The standard InChI is InChI=1S/C25H21Cl2N3O4/c1-33-20-10-11-23(34-2)18(12-20)13-22(29-24(31)16-6-4-3-5-7-16)25(32)30-28-15-17-8-9-19(26)14-21(17)27/h3-15H,1-2H3,(H,29,31)(H,30,32). The Morgan fingerprint density at radius 2 is 1.68 bits per heavy atom. The Morgan fingerprint density at radius 1 is 0.912 bits per heavy atom. The summed E-state index contributed by atoms with van der Waals surface area (Å²) in [5.41, 5.74) is 3.80. The normalized spacial score (nSPS) is 11.2. The molecule has 0 fully saturated rings. The SMILES string of the molecule is COc1ccc(OC)c(C=C(NC(=O)c2ccccc2)C(=O)NN=Cc2ccc(Cl)cc2Cl)c1. The third-order valence-corrected chi connectivity index (χ3v) is 5.16. The van der Waals surface area contributed by atoms with Crippen molar-refractivity contribution in [3.05, 3.63) is 99.2 Å². The van der Waals surface area contributed by atoms with Crippen LogP contribution in [0.25, 0.3) is 6.08 Å². The molecule has 0 radical (unpaired) electrons. The number of hydrogen-bond donors (Lipinski definition) is 2. The van der Waals surface area contributed by atoms with E-state index in [0.717, 1.165) is 0 Å². The van der Waals surface area contributed by atoms with E-state index < -0.39 is 11.8 Å². The van der Waals surface area contributed by atoms with Gasteiger partial charge < -0.3 is 14.8 Å². The van der Waals surface area contributed by atoms with Gasteiger partial charge in [0, 0.05) is 21.7 Å². The fourth-order valence-electron chi connectivity index (χ4n) is 2.88. The second-order valence-electron chi connectivity index (χ2n) is 6.85. The number of nitrogens with zero attached hydrogens (tertiary/aromatic N) is 1. The molecule has 0 heterocycles. The van der Waals surface area contributed by atoms with Crippen LogP contribution in [-0.4, -0.2) is 32.2 Å². The van der Waals surface area contributed by atoms with Gasteiger partial charge in [0.15, 0.2) is 0 Å². The van der Waals surface area contributed by atoms with E-state index in [1.54, 1.807) is 66.7 Å². The van der Waals surface area contributed by atoms with Crippen molar-refractivity contribution >= 4 is 47.3 Å². The lowest BCUT2D eigenvalue weighted by Crippen LogP contribution is -2.32. The van der Waals surface area contributed by atoms with Gasteiger partial charge in [-0.25, -0.2) is 5.43 Å². The van der Waals surface area contributed by atoms with Crippen molar-refractivity contribution in [3.8, 4) is 11.5 Å². The Balaban J connectivity index is 1.91. The van der Waals surface area contributed by atoms with Crippen molar-refractivity contribution in [1.82, 2.24) is 10.7 Å². The summed E-state index contributed by atoms with van der Waals surface area (Å²) in [7, 11) is 3.03. The van der Waals surface area contributed by atoms with E-state index in [4.69, 9.17) is 32.7 Å². The summed E-state index contributed by atoms with van der Waals surface area (Å²) in [5, 5.41) is 7.44. The molecule has 0 bridgehead atoms. The maximum absolute atomic E-state index is 13.0. The predicted molar refractivity (Wildman–Crippen MR) is 134 cm³/mol. The zero-order valence-electron chi connectivity index (χ0n) is 18.3. The number of carbonyl (C=O) groups is 2. The number of carbonyl (C=O) groups excluding carboxylic acids is 2. The first kappa shape index (κ1) is 24.8. The van der Waals surface area contributed by atoms with Crippen molar-refractivity contribution < 1.29 is 19.1 Å². The average molecular weight is 498 g/mol. The van der Waals surface area contributed by atoms with Crippen LogP contribution in [0.4, 0.5) is 0 Å². The molecule has 2 amide bonds. The molecule has 7 nitrogen and oxygen atoms in total. The van der Waals surface area contributed by atoms with Crippen LogP contribution in [0, 0.1) is 0 Å². The highest BCUT2D eigenvalue weighted by Gasteiger charge is 2.16. The number of ether oxygens (including phenoxy) is 2. The van der Waals surface area contributed by atoms with Gasteiger partial charge in [-0.2, -0.15) is 5.10 Å². The van der Waals surface area contributed by atoms with E-state index in [9.17, 15) is 9.59 Å². The molecule has 0 atom stereocenters. The molecule has 0 unspecified atom stereocenters. The van der Waals surface area contributed by atoms with E-state index in [1.807, 2.05) is 0 Å². The fourth-order valence-corrected chi connectivity index (χ4v) is 3.33. The van der Waals surface area contributed by atoms with Gasteiger partial charge in [-0.3, -0.25) is 9.59 Å². The maximum Gasteiger partial charge on any atom is 0.287 e. The van der Waals surface area contributed by atoms with Crippen molar-refractivity contribution in [2.24, 2.45) is 5.10 Å². The van der Waals surface area contributed by atoms with E-state index in [0.29, 0.717) is 38.2 Å². The molecule has 0 aliphatic heterocycles. The van der Waals surface area contributed by atoms with Crippen molar-refractivity contribution in [1.29, 1.82) is 0 Å². The van der Waals surface area contributed by atoms with Crippen molar-refractivity contribution in [3.63, 3.8) is 0 Å². The smallest absolute Gasteiger partial charge is 0.287 e. The van der Waals surface area contributed by atoms with E-state index >= 15 is 0 Å². The summed E-state index contributed by atoms with van der Waals surface area (Å²) in [6.45, 7) is 0. The van der Waals surface area contributed by atoms with Crippen LogP contribution in [0.5, 0.6) is 11.5 Å². The summed E-state index contributed by atoms with van der Waals surface area (Å²) in [5.74, 6) is -0.0859. The Kier molecular flexibility index (Phi) is 8.67. The third kappa shape index (κ3) is 6.60. The minimum atomic E-state index is -0.657. The highest BCUT2D eigenvalue weighted by molar-refractivity contribution is 6.36. The van der Waals surface area contributed by atoms with Gasteiger partial charge in [0.05, 0.1) is 25.5 Å². The molecule has 3 rings (SSSR count). The molecular formula is C25H21Cl2N3O4. The largest absolute Gasteiger partial charge is 0.497 e. The molecule has 0 aromatic heterocycles. The molecule has 0 spiro atoms. The highest BCUT2D eigenvalue weighted by atomic mass is 35.5. The van der Waals surface area contributed by atoms with Crippen LogP contribution in [0.15, 0.2) is 77.5 Å². The first-order valence-electron chi connectivity index (χ1n) is 10.00. The van der Waals surface area contributed by atoms with Crippen LogP contribution in [0.1, 0.15) is 21.5 Å². The lowest BCUT2D eigenvalue weighted by atomic mass is 10.1. The highest BCUT2D eigenvalue weighted by Crippen LogP contribution is 2.26. The molecular weight excluding hydrogens is 477 g/mol. The summed E-state index contributed by atoms with van der Waals surface area (Å²) >= 11 is 12.0. The number of hydrogen-bond acceptors (Lipinski definition) is 5. The first-order chi connectivity index (χ1) is 16.4. The van der Waals surface area contributed by atoms with E-state index in [-0.39, 0.29) is 5.70 Å². The summed E-state index contributed by atoms with van der Waals surface area (Å²) in [6, 6.07) is 18.5. The van der Waals surface area contributed by atoms with Crippen LogP contribution < -0.4 is 20.2 Å². The molecule has 0 aliphatic rings. The Hall–Kier alpha value is -3.81. The number of halogens is 2. The quantitative estimate of drug-likeness (QED) is 0.262. The lowest BCUT2D eigenvalue weighted by molar-refractivity contribution is -0.117. The van der Waals surface area contributed by atoms with Crippen LogP contribution in [0.2, 0.25) is 10.0 Å². The van der Waals surface area contributed by atoms with Gasteiger partial charge in [0.25, 0.3) is 11.8 Å². The molecule has 0 saturated heterocycles. The molecule has 3 aromatic rings. The zero-order valence-corrected chi connectivity index (χ0v) is 19.9.